The molecule has 1 atom stereocenters. The maximum absolute atomic E-state index is 13.3. The molecule has 0 bridgehead atoms. The Labute approximate surface area is 117 Å². The number of nitrogens with one attached hydrogen (secondary N) is 1. The average molecular weight is 279 g/mol. The monoisotopic (exact) mass is 279 g/mol. The summed E-state index contributed by atoms with van der Waals surface area (Å²) in [4.78, 5) is 0. The lowest BCUT2D eigenvalue weighted by atomic mass is 10.1. The van der Waals surface area contributed by atoms with Gasteiger partial charge in [0.2, 0.25) is 0 Å². The fourth-order valence-corrected chi connectivity index (χ4v) is 2.01. The van der Waals surface area contributed by atoms with Crippen LogP contribution in [0.3, 0.4) is 0 Å². The van der Waals surface area contributed by atoms with Crippen molar-refractivity contribution in [3.05, 3.63) is 53.2 Å². The van der Waals surface area contributed by atoms with Crippen molar-refractivity contribution < 1.29 is 18.7 Å². The summed E-state index contributed by atoms with van der Waals surface area (Å²) in [6.07, 6.45) is 0. The molecule has 0 aliphatic carbocycles. The topological polar surface area (TPSA) is 54.6 Å². The Balaban J connectivity index is 2.04. The molecule has 4 nitrogen and oxygen atoms in total. The number of aliphatic hydroxyl groups is 1. The van der Waals surface area contributed by atoms with Gasteiger partial charge in [0.25, 0.3) is 0 Å². The third-order valence-electron chi connectivity index (χ3n) is 3.11. The van der Waals surface area contributed by atoms with Gasteiger partial charge in [0.1, 0.15) is 29.7 Å². The number of halogens is 1. The number of aliphatic hydroxyl groups excluding tert-OH is 1. The molecule has 20 heavy (non-hydrogen) atoms. The van der Waals surface area contributed by atoms with Crippen LogP contribution in [-0.4, -0.2) is 12.2 Å². The third-order valence-corrected chi connectivity index (χ3v) is 3.11. The van der Waals surface area contributed by atoms with Gasteiger partial charge in [-0.1, -0.05) is 0 Å². The van der Waals surface area contributed by atoms with E-state index in [1.54, 1.807) is 25.3 Å². The van der Waals surface area contributed by atoms with Crippen molar-refractivity contribution in [2.75, 3.05) is 7.11 Å². The van der Waals surface area contributed by atoms with Crippen molar-refractivity contribution in [1.29, 1.82) is 0 Å². The quantitative estimate of drug-likeness (QED) is 0.853. The SMILES string of the molecule is COc1ccc(F)cc1C(C)NCc1ccc(CO)o1. The number of rotatable bonds is 6. The van der Waals surface area contributed by atoms with Gasteiger partial charge in [0.05, 0.1) is 13.7 Å². The molecule has 2 rings (SSSR count). The zero-order valence-corrected chi connectivity index (χ0v) is 11.5. The summed E-state index contributed by atoms with van der Waals surface area (Å²) in [6.45, 7) is 2.29. The molecule has 108 valence electrons. The molecule has 1 aromatic carbocycles. The molecule has 0 aliphatic heterocycles. The van der Waals surface area contributed by atoms with Crippen LogP contribution in [0.4, 0.5) is 4.39 Å². The molecule has 0 saturated carbocycles. The molecule has 1 aromatic heterocycles. The van der Waals surface area contributed by atoms with E-state index in [0.29, 0.717) is 18.1 Å². The number of methoxy groups -OCH3 is 1. The average Bonchev–Trinajstić information content (AvgIpc) is 2.92. The molecule has 0 fully saturated rings. The van der Waals surface area contributed by atoms with E-state index < -0.39 is 0 Å². The minimum atomic E-state index is -0.296. The molecule has 0 saturated heterocycles. The maximum Gasteiger partial charge on any atom is 0.129 e. The smallest absolute Gasteiger partial charge is 0.129 e. The number of ether oxygens (including phenoxy) is 1. The van der Waals surface area contributed by atoms with Gasteiger partial charge in [-0.2, -0.15) is 0 Å². The molecule has 0 aliphatic rings. The van der Waals surface area contributed by atoms with Crippen LogP contribution in [0.15, 0.2) is 34.7 Å². The van der Waals surface area contributed by atoms with Crippen LogP contribution in [0.25, 0.3) is 0 Å². The van der Waals surface area contributed by atoms with Gasteiger partial charge in [0.15, 0.2) is 0 Å². The Kier molecular flexibility index (Phi) is 4.76. The first-order chi connectivity index (χ1) is 9.63. The van der Waals surface area contributed by atoms with Gasteiger partial charge in [-0.25, -0.2) is 4.39 Å². The zero-order chi connectivity index (χ0) is 14.5. The minimum absolute atomic E-state index is 0.0941. The van der Waals surface area contributed by atoms with Gasteiger partial charge >= 0.3 is 0 Å². The van der Waals surface area contributed by atoms with E-state index in [4.69, 9.17) is 14.3 Å². The Morgan fingerprint density at radius 2 is 2.05 bits per heavy atom. The molecular weight excluding hydrogens is 261 g/mol. The van der Waals surface area contributed by atoms with Crippen LogP contribution in [0.2, 0.25) is 0 Å². The Bertz CT molecular complexity index is 568. The predicted molar refractivity (Wildman–Crippen MR) is 72.8 cm³/mol. The van der Waals surface area contributed by atoms with Crippen molar-refractivity contribution in [1.82, 2.24) is 5.32 Å². The molecule has 5 heteroatoms. The van der Waals surface area contributed by atoms with Crippen LogP contribution < -0.4 is 10.1 Å². The van der Waals surface area contributed by atoms with E-state index >= 15 is 0 Å². The highest BCUT2D eigenvalue weighted by Gasteiger charge is 2.13. The summed E-state index contributed by atoms with van der Waals surface area (Å²) in [5, 5.41) is 12.2. The molecule has 1 unspecified atom stereocenters. The summed E-state index contributed by atoms with van der Waals surface area (Å²) < 4.78 is 23.9. The molecular formula is C15H18FNO3. The van der Waals surface area contributed by atoms with E-state index in [0.717, 1.165) is 11.3 Å². The summed E-state index contributed by atoms with van der Waals surface area (Å²) in [5.41, 5.74) is 0.751. The van der Waals surface area contributed by atoms with E-state index in [1.165, 1.54) is 12.1 Å². The maximum atomic E-state index is 13.3. The van der Waals surface area contributed by atoms with Crippen molar-refractivity contribution >= 4 is 0 Å². The second kappa shape index (κ2) is 6.54. The predicted octanol–water partition coefficient (Wildman–Crippen LogP) is 2.77. The number of hydrogen-bond acceptors (Lipinski definition) is 4. The lowest BCUT2D eigenvalue weighted by molar-refractivity contribution is 0.242. The first-order valence-corrected chi connectivity index (χ1v) is 6.39. The first kappa shape index (κ1) is 14.6. The highest BCUT2D eigenvalue weighted by Crippen LogP contribution is 2.26. The van der Waals surface area contributed by atoms with Crippen molar-refractivity contribution in [2.24, 2.45) is 0 Å². The van der Waals surface area contributed by atoms with Crippen LogP contribution in [-0.2, 0) is 13.2 Å². The fourth-order valence-electron chi connectivity index (χ4n) is 2.01. The van der Waals surface area contributed by atoms with Crippen molar-refractivity contribution in [3.63, 3.8) is 0 Å². The Hall–Kier alpha value is -1.85. The van der Waals surface area contributed by atoms with E-state index in [1.807, 2.05) is 6.92 Å². The molecule has 0 spiro atoms. The summed E-state index contributed by atoms with van der Waals surface area (Å²) in [5.74, 6) is 1.59. The molecule has 0 radical (unpaired) electrons. The molecule has 2 N–H and O–H groups in total. The third kappa shape index (κ3) is 3.37. The second-order valence-electron chi connectivity index (χ2n) is 4.51. The summed E-state index contributed by atoms with van der Waals surface area (Å²) in [6, 6.07) is 7.87. The van der Waals surface area contributed by atoms with Crippen molar-refractivity contribution in [2.45, 2.75) is 26.1 Å². The molecule has 2 aromatic rings. The lowest BCUT2D eigenvalue weighted by Crippen LogP contribution is -2.18. The van der Waals surface area contributed by atoms with Gasteiger partial charge in [-0.15, -0.1) is 0 Å². The van der Waals surface area contributed by atoms with Gasteiger partial charge in [0, 0.05) is 11.6 Å². The lowest BCUT2D eigenvalue weighted by Gasteiger charge is -2.16. The van der Waals surface area contributed by atoms with Crippen LogP contribution in [0.5, 0.6) is 5.75 Å². The Morgan fingerprint density at radius 1 is 1.30 bits per heavy atom. The fraction of sp³-hybridized carbons (Fsp3) is 0.333. The van der Waals surface area contributed by atoms with Gasteiger partial charge in [-0.05, 0) is 37.3 Å². The number of furan rings is 1. The van der Waals surface area contributed by atoms with Gasteiger partial charge in [-0.3, -0.25) is 0 Å². The van der Waals surface area contributed by atoms with Gasteiger partial charge < -0.3 is 19.6 Å². The van der Waals surface area contributed by atoms with Crippen LogP contribution in [0.1, 0.15) is 30.0 Å². The van der Waals surface area contributed by atoms with E-state index in [2.05, 4.69) is 5.32 Å². The molecule has 0 amide bonds. The summed E-state index contributed by atoms with van der Waals surface area (Å²) >= 11 is 0. The minimum Gasteiger partial charge on any atom is -0.496 e. The zero-order valence-electron chi connectivity index (χ0n) is 11.5. The van der Waals surface area contributed by atoms with E-state index in [-0.39, 0.29) is 18.5 Å². The highest BCUT2D eigenvalue weighted by atomic mass is 19.1. The Morgan fingerprint density at radius 3 is 2.70 bits per heavy atom. The number of benzene rings is 1. The standard InChI is InChI=1S/C15H18FNO3/c1-10(14-7-11(16)3-6-15(14)19-2)17-8-12-4-5-13(9-18)20-12/h3-7,10,17-18H,8-9H2,1-2H3. The van der Waals surface area contributed by atoms with Crippen LogP contribution >= 0.6 is 0 Å². The largest absolute Gasteiger partial charge is 0.496 e. The highest BCUT2D eigenvalue weighted by molar-refractivity contribution is 5.36. The number of hydrogen-bond donors (Lipinski definition) is 2. The second-order valence-corrected chi connectivity index (χ2v) is 4.51. The van der Waals surface area contributed by atoms with Crippen LogP contribution in [0, 0.1) is 5.82 Å². The normalized spacial score (nSPS) is 12.4. The van der Waals surface area contributed by atoms with E-state index in [9.17, 15) is 4.39 Å². The molecule has 1 heterocycles. The first-order valence-electron chi connectivity index (χ1n) is 6.39. The van der Waals surface area contributed by atoms with Crippen molar-refractivity contribution in [3.8, 4) is 5.75 Å². The summed E-state index contributed by atoms with van der Waals surface area (Å²) in [7, 11) is 1.56.